The highest BCUT2D eigenvalue weighted by Crippen LogP contribution is 2.44. The quantitative estimate of drug-likeness (QED) is 0.599. The van der Waals surface area contributed by atoms with E-state index >= 15 is 0 Å². The number of fused-ring (bicyclic) bond motifs is 3. The minimum Gasteiger partial charge on any atom is -0.493 e. The van der Waals surface area contributed by atoms with Crippen molar-refractivity contribution in [2.24, 2.45) is 0 Å². The molecule has 2 fully saturated rings. The zero-order valence-electron chi connectivity index (χ0n) is 14.9. The number of H-pyrrole nitrogens is 1. The third-order valence-electron chi connectivity index (χ3n) is 5.09. The van der Waals surface area contributed by atoms with Crippen LogP contribution in [0.3, 0.4) is 0 Å². The van der Waals surface area contributed by atoms with E-state index in [1.54, 1.807) is 0 Å². The summed E-state index contributed by atoms with van der Waals surface area (Å²) >= 11 is 6.90. The number of hydrogen-bond donors (Lipinski definition) is 3. The van der Waals surface area contributed by atoms with E-state index in [2.05, 4.69) is 14.9 Å². The third-order valence-corrected chi connectivity index (χ3v) is 6.84. The minimum absolute atomic E-state index is 0.0497. The predicted molar refractivity (Wildman–Crippen MR) is 100 cm³/mol. The summed E-state index contributed by atoms with van der Waals surface area (Å²) in [6.07, 6.45) is -4.52. The first-order valence-corrected chi connectivity index (χ1v) is 10.2. The molecule has 0 spiro atoms. The molecule has 0 radical (unpaired) electrons. The normalized spacial score (nSPS) is 23.2. The molecule has 2 bridgehead atoms. The number of likely N-dealkylation sites (tertiary alicyclic amines) is 1. The Labute approximate surface area is 171 Å². The maximum absolute atomic E-state index is 13.4. The largest absolute Gasteiger partial charge is 0.493 e. The monoisotopic (exact) mass is 451 g/mol. The maximum atomic E-state index is 13.4. The highest BCUT2D eigenvalue weighted by atomic mass is 35.5. The van der Waals surface area contributed by atoms with Gasteiger partial charge in [0.15, 0.2) is 0 Å². The van der Waals surface area contributed by atoms with Crippen molar-refractivity contribution in [3.8, 4) is 5.88 Å². The molecule has 29 heavy (non-hydrogen) atoms. The average Bonchev–Trinajstić information content (AvgIpc) is 3.22. The van der Waals surface area contributed by atoms with Gasteiger partial charge < -0.3 is 19.9 Å². The number of halogens is 4. The molecule has 158 valence electrons. The van der Waals surface area contributed by atoms with Crippen molar-refractivity contribution in [2.75, 3.05) is 25.4 Å². The van der Waals surface area contributed by atoms with Gasteiger partial charge in [-0.25, -0.2) is 4.79 Å². The van der Waals surface area contributed by atoms with Gasteiger partial charge in [-0.05, 0) is 12.5 Å². The second-order valence-electron chi connectivity index (χ2n) is 7.12. The molecule has 7 nitrogen and oxygen atoms in total. The molecule has 1 aromatic heterocycles. The molecule has 2 aliphatic heterocycles. The van der Waals surface area contributed by atoms with E-state index in [-0.39, 0.29) is 33.7 Å². The van der Waals surface area contributed by atoms with Crippen molar-refractivity contribution in [3.63, 3.8) is 0 Å². The number of rotatable bonds is 5. The molecule has 2 aliphatic rings. The van der Waals surface area contributed by atoms with Crippen molar-refractivity contribution >= 4 is 34.3 Å². The number of morpholine rings is 1. The summed E-state index contributed by atoms with van der Waals surface area (Å²) in [5.74, 6) is -0.767. The Bertz CT molecular complexity index is 1000. The SMILES string of the molecule is O=c1nc(O)c2cc(C(F)(F)F)c(Cl)c(SC[C@H](O)CN3C[C@@H]4C[C@H]3CO4)c2[nH]1. The fraction of sp³-hybridized carbons (Fsp3) is 0.529. The lowest BCUT2D eigenvalue weighted by Crippen LogP contribution is -2.42. The van der Waals surface area contributed by atoms with Crippen LogP contribution in [0.1, 0.15) is 12.0 Å². The first-order chi connectivity index (χ1) is 13.6. The number of aliphatic hydroxyl groups excluding tert-OH is 1. The van der Waals surface area contributed by atoms with Crippen LogP contribution in [-0.2, 0) is 10.9 Å². The Morgan fingerprint density at radius 3 is 2.86 bits per heavy atom. The van der Waals surface area contributed by atoms with Crippen LogP contribution in [0.5, 0.6) is 5.88 Å². The number of aliphatic hydroxyl groups is 1. The Morgan fingerprint density at radius 2 is 2.24 bits per heavy atom. The average molecular weight is 452 g/mol. The van der Waals surface area contributed by atoms with Crippen molar-refractivity contribution in [1.29, 1.82) is 0 Å². The molecule has 2 aromatic rings. The molecular formula is C17H17ClF3N3O4S. The van der Waals surface area contributed by atoms with Crippen LogP contribution in [0.2, 0.25) is 5.02 Å². The Hall–Kier alpha value is -1.53. The lowest BCUT2D eigenvalue weighted by Gasteiger charge is -2.28. The first kappa shape index (κ1) is 20.7. The predicted octanol–water partition coefficient (Wildman–Crippen LogP) is 2.23. The van der Waals surface area contributed by atoms with E-state index in [1.807, 2.05) is 0 Å². The number of benzene rings is 1. The third kappa shape index (κ3) is 4.06. The molecule has 4 rings (SSSR count). The zero-order chi connectivity index (χ0) is 20.9. The van der Waals surface area contributed by atoms with Crippen molar-refractivity contribution in [1.82, 2.24) is 14.9 Å². The summed E-state index contributed by atoms with van der Waals surface area (Å²) in [5, 5.41) is 19.4. The molecule has 2 saturated heterocycles. The molecule has 0 saturated carbocycles. The number of aromatic nitrogens is 2. The summed E-state index contributed by atoms with van der Waals surface area (Å²) < 4.78 is 45.7. The number of thioether (sulfide) groups is 1. The lowest BCUT2D eigenvalue weighted by molar-refractivity contribution is -0.137. The van der Waals surface area contributed by atoms with Crippen LogP contribution in [-0.4, -0.2) is 68.8 Å². The Balaban J connectivity index is 1.61. The molecule has 0 aliphatic carbocycles. The molecule has 3 N–H and O–H groups in total. The van der Waals surface area contributed by atoms with Crippen LogP contribution in [0.4, 0.5) is 13.2 Å². The zero-order valence-corrected chi connectivity index (χ0v) is 16.4. The molecule has 3 atom stereocenters. The molecular weight excluding hydrogens is 435 g/mol. The first-order valence-electron chi connectivity index (χ1n) is 8.82. The second-order valence-corrected chi connectivity index (χ2v) is 8.52. The van der Waals surface area contributed by atoms with Crippen molar-refractivity contribution in [3.05, 3.63) is 27.1 Å². The van der Waals surface area contributed by atoms with Crippen molar-refractivity contribution in [2.45, 2.75) is 35.7 Å². The summed E-state index contributed by atoms with van der Waals surface area (Å²) in [6, 6.07) is 0.897. The van der Waals surface area contributed by atoms with E-state index in [0.717, 1.165) is 18.2 Å². The van der Waals surface area contributed by atoms with Gasteiger partial charge in [0.2, 0.25) is 5.88 Å². The molecule has 0 unspecified atom stereocenters. The molecule has 1 aromatic carbocycles. The fourth-order valence-corrected chi connectivity index (χ4v) is 5.20. The van der Waals surface area contributed by atoms with Crippen LogP contribution >= 0.6 is 23.4 Å². The topological polar surface area (TPSA) is 98.7 Å². The number of aromatic hydroxyl groups is 1. The Morgan fingerprint density at radius 1 is 1.48 bits per heavy atom. The van der Waals surface area contributed by atoms with Gasteiger partial charge >= 0.3 is 11.9 Å². The number of aromatic amines is 1. The summed E-state index contributed by atoms with van der Waals surface area (Å²) in [7, 11) is 0. The van der Waals surface area contributed by atoms with Crippen LogP contribution in [0.15, 0.2) is 15.8 Å². The van der Waals surface area contributed by atoms with E-state index in [9.17, 15) is 28.2 Å². The summed E-state index contributed by atoms with van der Waals surface area (Å²) in [5.41, 5.74) is -2.12. The number of ether oxygens (including phenoxy) is 1. The van der Waals surface area contributed by atoms with Crippen LogP contribution < -0.4 is 5.69 Å². The van der Waals surface area contributed by atoms with Gasteiger partial charge in [-0.1, -0.05) is 11.6 Å². The number of alkyl halides is 3. The standard InChI is InChI=1S/C17H17ClF3N3O4S/c18-12-11(17(19,20)21)2-10-13(22-16(27)23-15(10)26)14(12)29-6-8(25)3-24-4-9-1-7(24)5-28-9/h2,7-9,25H,1,3-6H2,(H2,22,23,26,27)/t7-,8+,9-/m0/s1. The van der Waals surface area contributed by atoms with Gasteiger partial charge in [-0.3, -0.25) is 4.90 Å². The van der Waals surface area contributed by atoms with E-state index < -0.39 is 34.4 Å². The maximum Gasteiger partial charge on any atom is 0.417 e. The highest BCUT2D eigenvalue weighted by molar-refractivity contribution is 7.99. The molecule has 12 heteroatoms. The van der Waals surface area contributed by atoms with Gasteiger partial charge in [0.1, 0.15) is 0 Å². The number of nitrogens with one attached hydrogen (secondary N) is 1. The summed E-state index contributed by atoms with van der Waals surface area (Å²) in [6.45, 7) is 1.68. The number of β-amino-alcohol motifs (C(OH)–C–C–N with tert-alkyl or cyclic N) is 1. The lowest BCUT2D eigenvalue weighted by atomic mass is 10.1. The van der Waals surface area contributed by atoms with Gasteiger partial charge in [-0.15, -0.1) is 11.8 Å². The summed E-state index contributed by atoms with van der Waals surface area (Å²) in [4.78, 5) is 19.2. The van der Waals surface area contributed by atoms with Crippen LogP contribution in [0, 0.1) is 0 Å². The Kier molecular flexibility index (Phi) is 5.45. The van der Waals surface area contributed by atoms with E-state index in [4.69, 9.17) is 16.3 Å². The van der Waals surface area contributed by atoms with Gasteiger partial charge in [0.25, 0.3) is 0 Å². The minimum atomic E-state index is -4.77. The van der Waals surface area contributed by atoms with Gasteiger partial charge in [0.05, 0.1) is 45.2 Å². The molecule has 3 heterocycles. The second kappa shape index (κ2) is 7.62. The number of nitrogens with zero attached hydrogens (tertiary/aromatic N) is 2. The smallest absolute Gasteiger partial charge is 0.417 e. The molecule has 0 amide bonds. The van der Waals surface area contributed by atoms with Gasteiger partial charge in [0, 0.05) is 24.9 Å². The number of hydrogen-bond acceptors (Lipinski definition) is 7. The van der Waals surface area contributed by atoms with Crippen molar-refractivity contribution < 1.29 is 28.1 Å². The van der Waals surface area contributed by atoms with E-state index in [0.29, 0.717) is 25.8 Å². The van der Waals surface area contributed by atoms with Gasteiger partial charge in [-0.2, -0.15) is 18.2 Å². The van der Waals surface area contributed by atoms with Crippen LogP contribution in [0.25, 0.3) is 10.9 Å². The fourth-order valence-electron chi connectivity index (χ4n) is 3.77. The van der Waals surface area contributed by atoms with E-state index in [1.165, 1.54) is 0 Å². The highest BCUT2D eigenvalue weighted by Gasteiger charge is 2.39.